The first-order chi connectivity index (χ1) is 10.2. The summed E-state index contributed by atoms with van der Waals surface area (Å²) in [5.74, 6) is 1.04. The molecule has 0 aliphatic carbocycles. The van der Waals surface area contributed by atoms with Crippen LogP contribution in [0.2, 0.25) is 0 Å². The second kappa shape index (κ2) is 6.84. The maximum atomic E-state index is 13.7. The largest absolute Gasteiger partial charge is 0.317 e. The molecule has 2 nitrogen and oxygen atoms in total. The number of piperidine rings is 2. The predicted octanol–water partition coefficient (Wildman–Crippen LogP) is 3.18. The topological polar surface area (TPSA) is 15.3 Å². The van der Waals surface area contributed by atoms with E-state index in [1.165, 1.54) is 43.9 Å². The van der Waals surface area contributed by atoms with Gasteiger partial charge in [-0.25, -0.2) is 8.78 Å². The number of rotatable bonds is 3. The highest BCUT2D eigenvalue weighted by molar-refractivity contribution is 5.18. The first kappa shape index (κ1) is 14.9. The van der Waals surface area contributed by atoms with Crippen LogP contribution in [0.5, 0.6) is 0 Å². The molecular weight excluding hydrogens is 270 g/mol. The smallest absolute Gasteiger partial charge is 0.127 e. The van der Waals surface area contributed by atoms with Crippen molar-refractivity contribution in [2.24, 2.45) is 11.8 Å². The molecule has 0 spiro atoms. The van der Waals surface area contributed by atoms with Crippen LogP contribution in [0, 0.1) is 23.5 Å². The molecule has 2 heterocycles. The minimum atomic E-state index is -0.351. The van der Waals surface area contributed by atoms with Crippen molar-refractivity contribution < 1.29 is 8.78 Å². The Morgan fingerprint density at radius 3 is 2.38 bits per heavy atom. The zero-order valence-corrected chi connectivity index (χ0v) is 12.5. The molecule has 0 atom stereocenters. The van der Waals surface area contributed by atoms with E-state index in [0.717, 1.165) is 38.0 Å². The van der Waals surface area contributed by atoms with Crippen LogP contribution in [0.4, 0.5) is 8.78 Å². The molecule has 21 heavy (non-hydrogen) atoms. The standard InChI is InChI=1S/C17H24F2N2/c18-16-1-2-17(19)15(11-16)12-21-9-5-14(6-10-21)13-3-7-20-8-4-13/h1-2,11,13-14,20H,3-10,12H2. The van der Waals surface area contributed by atoms with Gasteiger partial charge in [-0.3, -0.25) is 4.90 Å². The molecule has 0 amide bonds. The lowest BCUT2D eigenvalue weighted by molar-refractivity contribution is 0.125. The van der Waals surface area contributed by atoms with Gasteiger partial charge in [-0.2, -0.15) is 0 Å². The van der Waals surface area contributed by atoms with Crippen molar-refractivity contribution in [1.82, 2.24) is 10.2 Å². The molecule has 0 bridgehead atoms. The molecule has 2 saturated heterocycles. The molecule has 2 aliphatic heterocycles. The van der Waals surface area contributed by atoms with E-state index in [1.807, 2.05) is 0 Å². The number of nitrogens with one attached hydrogen (secondary N) is 1. The SMILES string of the molecule is Fc1ccc(F)c(CN2CCC(C3CCNCC3)CC2)c1. The van der Waals surface area contributed by atoms with Crippen molar-refractivity contribution in [2.75, 3.05) is 26.2 Å². The molecular formula is C17H24F2N2. The molecule has 2 fully saturated rings. The average Bonchev–Trinajstić information content (AvgIpc) is 2.53. The Labute approximate surface area is 125 Å². The Hall–Kier alpha value is -1.00. The van der Waals surface area contributed by atoms with E-state index in [-0.39, 0.29) is 11.6 Å². The van der Waals surface area contributed by atoms with Gasteiger partial charge in [0, 0.05) is 12.1 Å². The van der Waals surface area contributed by atoms with Gasteiger partial charge in [0.25, 0.3) is 0 Å². The summed E-state index contributed by atoms with van der Waals surface area (Å²) in [4.78, 5) is 2.26. The fourth-order valence-electron chi connectivity index (χ4n) is 3.80. The van der Waals surface area contributed by atoms with Crippen LogP contribution in [-0.2, 0) is 6.54 Å². The highest BCUT2D eigenvalue weighted by Gasteiger charge is 2.27. The normalized spacial score (nSPS) is 22.6. The van der Waals surface area contributed by atoms with E-state index in [0.29, 0.717) is 12.1 Å². The van der Waals surface area contributed by atoms with E-state index in [1.54, 1.807) is 0 Å². The van der Waals surface area contributed by atoms with Crippen LogP contribution in [0.3, 0.4) is 0 Å². The van der Waals surface area contributed by atoms with Crippen molar-refractivity contribution in [3.05, 3.63) is 35.4 Å². The first-order valence-electron chi connectivity index (χ1n) is 8.09. The van der Waals surface area contributed by atoms with Crippen molar-refractivity contribution in [1.29, 1.82) is 0 Å². The third-order valence-electron chi connectivity index (χ3n) is 5.08. The second-order valence-electron chi connectivity index (χ2n) is 6.44. The summed E-state index contributed by atoms with van der Waals surface area (Å²) < 4.78 is 26.9. The molecule has 116 valence electrons. The van der Waals surface area contributed by atoms with Gasteiger partial charge in [-0.15, -0.1) is 0 Å². The second-order valence-corrected chi connectivity index (χ2v) is 6.44. The summed E-state index contributed by atoms with van der Waals surface area (Å²) in [6.45, 7) is 4.84. The maximum absolute atomic E-state index is 13.7. The Morgan fingerprint density at radius 2 is 1.67 bits per heavy atom. The van der Waals surface area contributed by atoms with Gasteiger partial charge in [-0.05, 0) is 81.9 Å². The maximum Gasteiger partial charge on any atom is 0.127 e. The molecule has 0 saturated carbocycles. The fourth-order valence-corrected chi connectivity index (χ4v) is 3.80. The highest BCUT2D eigenvalue weighted by atomic mass is 19.1. The van der Waals surface area contributed by atoms with Crippen LogP contribution >= 0.6 is 0 Å². The average molecular weight is 294 g/mol. The van der Waals surface area contributed by atoms with E-state index in [4.69, 9.17) is 0 Å². The molecule has 0 aromatic heterocycles. The van der Waals surface area contributed by atoms with Crippen LogP contribution < -0.4 is 5.32 Å². The van der Waals surface area contributed by atoms with Crippen LogP contribution in [0.15, 0.2) is 18.2 Å². The molecule has 1 N–H and O–H groups in total. The lowest BCUT2D eigenvalue weighted by Crippen LogP contribution is -2.39. The van der Waals surface area contributed by atoms with Crippen molar-refractivity contribution in [3.8, 4) is 0 Å². The number of likely N-dealkylation sites (tertiary alicyclic amines) is 1. The van der Waals surface area contributed by atoms with Crippen molar-refractivity contribution in [3.63, 3.8) is 0 Å². The van der Waals surface area contributed by atoms with Gasteiger partial charge in [-0.1, -0.05) is 0 Å². The molecule has 0 unspecified atom stereocenters. The van der Waals surface area contributed by atoms with Crippen molar-refractivity contribution >= 4 is 0 Å². The van der Waals surface area contributed by atoms with Gasteiger partial charge in [0.15, 0.2) is 0 Å². The Bertz CT molecular complexity index is 464. The van der Waals surface area contributed by atoms with Crippen LogP contribution in [-0.4, -0.2) is 31.1 Å². The molecule has 1 aromatic rings. The quantitative estimate of drug-likeness (QED) is 0.921. The Balaban J connectivity index is 1.52. The molecule has 3 rings (SSSR count). The van der Waals surface area contributed by atoms with Crippen LogP contribution in [0.1, 0.15) is 31.2 Å². The predicted molar refractivity (Wildman–Crippen MR) is 80.0 cm³/mol. The van der Waals surface area contributed by atoms with E-state index in [9.17, 15) is 8.78 Å². The first-order valence-corrected chi connectivity index (χ1v) is 8.09. The summed E-state index contributed by atoms with van der Waals surface area (Å²) in [6, 6.07) is 3.74. The number of halogens is 2. The third kappa shape index (κ3) is 3.80. The summed E-state index contributed by atoms with van der Waals surface area (Å²) >= 11 is 0. The number of hydrogen-bond donors (Lipinski definition) is 1. The summed E-state index contributed by atoms with van der Waals surface area (Å²) in [5.41, 5.74) is 0.482. The number of benzene rings is 1. The highest BCUT2D eigenvalue weighted by Crippen LogP contribution is 2.31. The van der Waals surface area contributed by atoms with E-state index in [2.05, 4.69) is 10.2 Å². The number of hydrogen-bond acceptors (Lipinski definition) is 2. The fraction of sp³-hybridized carbons (Fsp3) is 0.647. The van der Waals surface area contributed by atoms with Crippen LogP contribution in [0.25, 0.3) is 0 Å². The van der Waals surface area contributed by atoms with E-state index >= 15 is 0 Å². The molecule has 1 aromatic carbocycles. The van der Waals surface area contributed by atoms with Gasteiger partial charge in [0.1, 0.15) is 11.6 Å². The molecule has 2 aliphatic rings. The van der Waals surface area contributed by atoms with Gasteiger partial charge >= 0.3 is 0 Å². The zero-order valence-electron chi connectivity index (χ0n) is 12.5. The third-order valence-corrected chi connectivity index (χ3v) is 5.08. The number of nitrogens with zero attached hydrogens (tertiary/aromatic N) is 1. The van der Waals surface area contributed by atoms with Gasteiger partial charge in [0.2, 0.25) is 0 Å². The Kier molecular flexibility index (Phi) is 4.86. The Morgan fingerprint density at radius 1 is 1.00 bits per heavy atom. The van der Waals surface area contributed by atoms with Crippen molar-refractivity contribution in [2.45, 2.75) is 32.2 Å². The summed E-state index contributed by atoms with van der Waals surface area (Å²) in [6.07, 6.45) is 4.98. The summed E-state index contributed by atoms with van der Waals surface area (Å²) in [5, 5.41) is 3.42. The molecule has 0 radical (unpaired) electrons. The minimum Gasteiger partial charge on any atom is -0.317 e. The van der Waals surface area contributed by atoms with E-state index < -0.39 is 0 Å². The van der Waals surface area contributed by atoms with Gasteiger partial charge in [0.05, 0.1) is 0 Å². The lowest BCUT2D eigenvalue weighted by atomic mass is 9.79. The lowest BCUT2D eigenvalue weighted by Gasteiger charge is -2.37. The summed E-state index contributed by atoms with van der Waals surface area (Å²) in [7, 11) is 0. The zero-order chi connectivity index (χ0) is 14.7. The monoisotopic (exact) mass is 294 g/mol. The molecule has 4 heteroatoms. The van der Waals surface area contributed by atoms with Gasteiger partial charge < -0.3 is 5.32 Å². The minimum absolute atomic E-state index is 0.295.